The summed E-state index contributed by atoms with van der Waals surface area (Å²) in [4.78, 5) is 15.0. The number of nitrogens with one attached hydrogen (secondary N) is 1. The van der Waals surface area contributed by atoms with Crippen molar-refractivity contribution in [3.63, 3.8) is 0 Å². The van der Waals surface area contributed by atoms with Crippen LogP contribution in [0.25, 0.3) is 16.7 Å². The number of carbonyl (C=O) groups excluding carboxylic acids is 1. The Morgan fingerprint density at radius 2 is 2.33 bits per heavy atom. The van der Waals surface area contributed by atoms with E-state index in [1.807, 2.05) is 22.9 Å². The van der Waals surface area contributed by atoms with Crippen LogP contribution in [0.4, 0.5) is 0 Å². The van der Waals surface area contributed by atoms with Gasteiger partial charge in [-0.05, 0) is 24.3 Å². The van der Waals surface area contributed by atoms with Gasteiger partial charge in [0.15, 0.2) is 12.2 Å². The molecule has 0 spiro atoms. The van der Waals surface area contributed by atoms with Crippen LogP contribution in [0.5, 0.6) is 0 Å². The molecule has 1 aliphatic rings. The Hall–Kier alpha value is -2.56. The molecule has 2 N–H and O–H groups in total. The number of nitrogens with zero attached hydrogens (tertiary/aromatic N) is 2. The molecule has 0 radical (unpaired) electrons. The molecule has 0 saturated heterocycles. The lowest BCUT2D eigenvalue weighted by Gasteiger charge is -2.15. The molecule has 3 rings (SSSR count). The van der Waals surface area contributed by atoms with Crippen LogP contribution in [-0.4, -0.2) is 27.5 Å². The summed E-state index contributed by atoms with van der Waals surface area (Å²) in [5.41, 5.74) is 2.34. The number of aromatic nitrogens is 2. The van der Waals surface area contributed by atoms with E-state index in [0.29, 0.717) is 12.1 Å². The van der Waals surface area contributed by atoms with E-state index < -0.39 is 0 Å². The molecular formula is C13H11N3O2. The topological polar surface area (TPSA) is 67.2 Å². The van der Waals surface area contributed by atoms with E-state index in [-0.39, 0.29) is 5.88 Å². The van der Waals surface area contributed by atoms with E-state index in [0.717, 1.165) is 23.0 Å². The number of pyridine rings is 1. The van der Waals surface area contributed by atoms with Gasteiger partial charge in [-0.3, -0.25) is 4.79 Å². The second kappa shape index (κ2) is 4.03. The molecule has 0 aliphatic carbocycles. The number of carbonyl (C=O) groups is 1. The van der Waals surface area contributed by atoms with Crippen LogP contribution < -0.4 is 5.32 Å². The maximum Gasteiger partial charge on any atom is 0.184 e. The van der Waals surface area contributed by atoms with Gasteiger partial charge in [0.25, 0.3) is 0 Å². The normalized spacial score (nSPS) is 14.9. The highest BCUT2D eigenvalue weighted by Crippen LogP contribution is 2.19. The Bertz CT molecular complexity index is 683. The second-order valence-corrected chi connectivity index (χ2v) is 4.05. The molecule has 0 atom stereocenters. The van der Waals surface area contributed by atoms with Crippen molar-refractivity contribution in [3.05, 3.63) is 48.1 Å². The largest absolute Gasteiger partial charge is 0.495 e. The third kappa shape index (κ3) is 1.66. The van der Waals surface area contributed by atoms with Gasteiger partial charge in [0.2, 0.25) is 0 Å². The van der Waals surface area contributed by atoms with Gasteiger partial charge in [-0.1, -0.05) is 0 Å². The first-order valence-corrected chi connectivity index (χ1v) is 5.54. The molecule has 90 valence electrons. The van der Waals surface area contributed by atoms with E-state index in [1.165, 1.54) is 0 Å². The molecule has 5 heteroatoms. The van der Waals surface area contributed by atoms with Gasteiger partial charge in [-0.2, -0.15) is 0 Å². The lowest BCUT2D eigenvalue weighted by atomic mass is 10.2. The van der Waals surface area contributed by atoms with Gasteiger partial charge < -0.3 is 15.0 Å². The first kappa shape index (κ1) is 10.6. The summed E-state index contributed by atoms with van der Waals surface area (Å²) in [6.45, 7) is 0.531. The fourth-order valence-electron chi connectivity index (χ4n) is 1.98. The third-order valence-corrected chi connectivity index (χ3v) is 2.88. The molecule has 3 heterocycles. The molecular weight excluding hydrogens is 230 g/mol. The van der Waals surface area contributed by atoms with E-state index in [9.17, 15) is 9.90 Å². The monoisotopic (exact) mass is 241 g/mol. The molecule has 0 aromatic carbocycles. The van der Waals surface area contributed by atoms with Gasteiger partial charge in [0, 0.05) is 29.0 Å². The van der Waals surface area contributed by atoms with Crippen molar-refractivity contribution in [2.75, 3.05) is 6.54 Å². The number of aldehydes is 1. The maximum absolute atomic E-state index is 10.7. The highest BCUT2D eigenvalue weighted by Gasteiger charge is 2.10. The minimum Gasteiger partial charge on any atom is -0.495 e. The van der Waals surface area contributed by atoms with E-state index in [4.69, 9.17) is 0 Å². The summed E-state index contributed by atoms with van der Waals surface area (Å²) >= 11 is 0. The standard InChI is InChI=1S/C13H11N3O2/c17-8-9-5-10-3-4-16(13(10)15-6-9)11-1-2-12(18)14-7-11/h1-6,8,14,18H,7H2. The van der Waals surface area contributed by atoms with Gasteiger partial charge in [-0.25, -0.2) is 4.98 Å². The summed E-state index contributed by atoms with van der Waals surface area (Å²) in [5.74, 6) is 0.159. The van der Waals surface area contributed by atoms with Crippen molar-refractivity contribution in [3.8, 4) is 0 Å². The molecule has 5 nitrogen and oxygen atoms in total. The fraction of sp³-hybridized carbons (Fsp3) is 0.0769. The smallest absolute Gasteiger partial charge is 0.184 e. The first-order valence-electron chi connectivity index (χ1n) is 5.54. The van der Waals surface area contributed by atoms with Crippen LogP contribution in [0.3, 0.4) is 0 Å². The van der Waals surface area contributed by atoms with Crippen LogP contribution in [0.1, 0.15) is 10.4 Å². The van der Waals surface area contributed by atoms with Crippen molar-refractivity contribution in [1.82, 2.24) is 14.9 Å². The van der Waals surface area contributed by atoms with Crippen molar-refractivity contribution < 1.29 is 9.90 Å². The molecule has 1 aliphatic heterocycles. The predicted molar refractivity (Wildman–Crippen MR) is 68.1 cm³/mol. The summed E-state index contributed by atoms with van der Waals surface area (Å²) in [6.07, 6.45) is 7.67. The van der Waals surface area contributed by atoms with Crippen LogP contribution in [0.15, 0.2) is 42.6 Å². The van der Waals surface area contributed by atoms with E-state index >= 15 is 0 Å². The number of hydrogen-bond acceptors (Lipinski definition) is 4. The Morgan fingerprint density at radius 3 is 3.06 bits per heavy atom. The quantitative estimate of drug-likeness (QED) is 0.785. The number of fused-ring (bicyclic) bond motifs is 1. The predicted octanol–water partition coefficient (Wildman–Crippen LogP) is 1.69. The zero-order valence-corrected chi connectivity index (χ0v) is 9.50. The minimum atomic E-state index is 0.159. The number of dihydropyridines is 1. The summed E-state index contributed by atoms with van der Waals surface area (Å²) < 4.78 is 1.93. The molecule has 2 aromatic rings. The Balaban J connectivity index is 2.11. The molecule has 0 amide bonds. The maximum atomic E-state index is 10.7. The zero-order valence-electron chi connectivity index (χ0n) is 9.50. The molecule has 0 fully saturated rings. The summed E-state index contributed by atoms with van der Waals surface area (Å²) in [5, 5.41) is 13.0. The van der Waals surface area contributed by atoms with Gasteiger partial charge in [0.05, 0.1) is 6.54 Å². The number of hydrogen-bond donors (Lipinski definition) is 2. The van der Waals surface area contributed by atoms with Crippen LogP contribution in [0.2, 0.25) is 0 Å². The van der Waals surface area contributed by atoms with Crippen molar-refractivity contribution >= 4 is 23.0 Å². The number of aliphatic hydroxyl groups excluding tert-OH is 1. The highest BCUT2D eigenvalue weighted by molar-refractivity contribution is 5.86. The van der Waals surface area contributed by atoms with Crippen molar-refractivity contribution in [2.45, 2.75) is 0 Å². The molecule has 18 heavy (non-hydrogen) atoms. The van der Waals surface area contributed by atoms with Gasteiger partial charge in [0.1, 0.15) is 5.65 Å². The van der Waals surface area contributed by atoms with Crippen molar-refractivity contribution in [2.24, 2.45) is 0 Å². The molecule has 0 saturated carbocycles. The lowest BCUT2D eigenvalue weighted by Crippen LogP contribution is -2.21. The van der Waals surface area contributed by atoms with Crippen LogP contribution >= 0.6 is 0 Å². The number of allylic oxidation sites excluding steroid dienone is 2. The SMILES string of the molecule is O=Cc1cnc2c(ccn2C2=CC=C(O)NC2)c1. The average molecular weight is 241 g/mol. The summed E-state index contributed by atoms with van der Waals surface area (Å²) in [6, 6.07) is 3.71. The number of rotatable bonds is 2. The second-order valence-electron chi connectivity index (χ2n) is 4.05. The number of aliphatic hydroxyl groups is 1. The highest BCUT2D eigenvalue weighted by atomic mass is 16.3. The fourth-order valence-corrected chi connectivity index (χ4v) is 1.98. The van der Waals surface area contributed by atoms with Gasteiger partial charge >= 0.3 is 0 Å². The Kier molecular flexibility index (Phi) is 2.37. The first-order chi connectivity index (χ1) is 8.78. The van der Waals surface area contributed by atoms with E-state index in [1.54, 1.807) is 18.3 Å². The van der Waals surface area contributed by atoms with Gasteiger partial charge in [-0.15, -0.1) is 0 Å². The Morgan fingerprint density at radius 1 is 1.44 bits per heavy atom. The molecule has 2 aromatic heterocycles. The third-order valence-electron chi connectivity index (χ3n) is 2.88. The van der Waals surface area contributed by atoms with Crippen LogP contribution in [0, 0.1) is 0 Å². The van der Waals surface area contributed by atoms with Crippen LogP contribution in [-0.2, 0) is 0 Å². The zero-order chi connectivity index (χ0) is 12.5. The summed E-state index contributed by atoms with van der Waals surface area (Å²) in [7, 11) is 0. The van der Waals surface area contributed by atoms with E-state index in [2.05, 4.69) is 10.3 Å². The molecule has 0 unspecified atom stereocenters. The minimum absolute atomic E-state index is 0.159. The molecule has 0 bridgehead atoms. The lowest BCUT2D eigenvalue weighted by molar-refractivity contribution is 0.112. The van der Waals surface area contributed by atoms with Crippen molar-refractivity contribution in [1.29, 1.82) is 0 Å². The average Bonchev–Trinajstić information content (AvgIpc) is 2.82. The Labute approximate surface area is 103 Å².